The molecular weight excluding hydrogens is 645 g/mol. The number of amides is 1. The zero-order valence-electron chi connectivity index (χ0n) is 26.0. The largest absolute Gasteiger partial charge is 0.516 e. The molecule has 1 aliphatic heterocycles. The van der Waals surface area contributed by atoms with Crippen molar-refractivity contribution in [1.29, 1.82) is 0 Å². The fourth-order valence-corrected chi connectivity index (χ4v) is 5.59. The molecule has 3 N–H and O–H groups in total. The van der Waals surface area contributed by atoms with E-state index in [2.05, 4.69) is 5.32 Å². The molecule has 2 aromatic carbocycles. The van der Waals surface area contributed by atoms with Crippen LogP contribution in [0.1, 0.15) is 53.3 Å². The molecule has 2 aliphatic rings. The standard InChI is InChI=1S/C36H37Cl2NO8/c1-2-23-9-12-27-33(29-21-30(38)31(41)22-32(29)47-34(27)25(23)8-7-15-40)28-20-24(10-11-26(28)36(43)44)35(42)39-14-17-46-19-18-45-16-6-4-3-5-13-37/h2,7-12,15,20-22,40H,3-6,13-14,16-19H2,1H3,(H,39,42)(H,43,44)/b15-7?,23-2-,25-8?. The third-order valence-corrected chi connectivity index (χ3v) is 8.09. The van der Waals surface area contributed by atoms with Crippen LogP contribution in [-0.4, -0.2) is 60.9 Å². The zero-order chi connectivity index (χ0) is 33.8. The van der Waals surface area contributed by atoms with E-state index in [4.69, 9.17) is 37.1 Å². The zero-order valence-corrected chi connectivity index (χ0v) is 27.5. The quantitative estimate of drug-likeness (QED) is 0.0556. The van der Waals surface area contributed by atoms with Gasteiger partial charge in [0.15, 0.2) is 0 Å². The molecule has 0 atom stereocenters. The Kier molecular flexibility index (Phi) is 13.4. The van der Waals surface area contributed by atoms with Gasteiger partial charge < -0.3 is 29.4 Å². The third kappa shape index (κ3) is 9.02. The number of carboxylic acid groups (broad SMARTS) is 1. The van der Waals surface area contributed by atoms with E-state index < -0.39 is 17.3 Å². The second-order valence-electron chi connectivity index (χ2n) is 10.6. The van der Waals surface area contributed by atoms with E-state index in [0.717, 1.165) is 37.2 Å². The number of aromatic carboxylic acids is 1. The Morgan fingerprint density at radius 2 is 1.72 bits per heavy atom. The van der Waals surface area contributed by atoms with Crippen molar-refractivity contribution >= 4 is 58.2 Å². The highest BCUT2D eigenvalue weighted by Crippen LogP contribution is 2.41. The Morgan fingerprint density at radius 1 is 0.957 bits per heavy atom. The van der Waals surface area contributed by atoms with Gasteiger partial charge in [0.05, 0.1) is 36.7 Å². The first-order valence-corrected chi connectivity index (χ1v) is 16.3. The van der Waals surface area contributed by atoms with E-state index in [0.29, 0.717) is 53.0 Å². The number of halogens is 2. The van der Waals surface area contributed by atoms with Gasteiger partial charge in [0.1, 0.15) is 11.3 Å². The highest BCUT2D eigenvalue weighted by atomic mass is 35.5. The predicted octanol–water partition coefficient (Wildman–Crippen LogP) is 6.13. The first kappa shape index (κ1) is 35.7. The molecule has 248 valence electrons. The third-order valence-electron chi connectivity index (χ3n) is 7.53. The average Bonchev–Trinajstić information content (AvgIpc) is 3.06. The molecule has 0 radical (unpaired) electrons. The first-order chi connectivity index (χ1) is 22.8. The molecule has 0 saturated heterocycles. The minimum atomic E-state index is -1.21. The fourth-order valence-electron chi connectivity index (χ4n) is 5.24. The molecule has 2 aromatic rings. The van der Waals surface area contributed by atoms with Crippen molar-refractivity contribution in [3.8, 4) is 22.5 Å². The van der Waals surface area contributed by atoms with Gasteiger partial charge in [-0.25, -0.2) is 4.79 Å². The maximum atomic E-state index is 13.2. The van der Waals surface area contributed by atoms with Gasteiger partial charge in [0.25, 0.3) is 5.91 Å². The van der Waals surface area contributed by atoms with Gasteiger partial charge in [-0.2, -0.15) is 0 Å². The number of ether oxygens (including phenoxy) is 2. The van der Waals surface area contributed by atoms with Crippen LogP contribution in [0.2, 0.25) is 5.02 Å². The summed E-state index contributed by atoms with van der Waals surface area (Å²) < 4.78 is 17.4. The average molecular weight is 683 g/mol. The molecule has 0 fully saturated rings. The number of aliphatic hydroxyl groups excluding tert-OH is 1. The lowest BCUT2D eigenvalue weighted by Gasteiger charge is -2.18. The smallest absolute Gasteiger partial charge is 0.336 e. The second-order valence-corrected chi connectivity index (χ2v) is 11.4. The second kappa shape index (κ2) is 17.7. The van der Waals surface area contributed by atoms with Crippen molar-refractivity contribution in [2.45, 2.75) is 32.6 Å². The van der Waals surface area contributed by atoms with E-state index in [1.54, 1.807) is 12.1 Å². The van der Waals surface area contributed by atoms with Crippen molar-refractivity contribution in [2.24, 2.45) is 0 Å². The predicted molar refractivity (Wildman–Crippen MR) is 185 cm³/mol. The van der Waals surface area contributed by atoms with E-state index in [1.165, 1.54) is 36.4 Å². The lowest BCUT2D eigenvalue weighted by molar-refractivity contribution is 0.0468. The summed E-state index contributed by atoms with van der Waals surface area (Å²) in [4.78, 5) is 38.3. The van der Waals surface area contributed by atoms with Crippen LogP contribution in [0.25, 0.3) is 45.6 Å². The van der Waals surface area contributed by atoms with Crippen LogP contribution in [0.3, 0.4) is 0 Å². The summed E-state index contributed by atoms with van der Waals surface area (Å²) in [5.74, 6) is -0.767. The number of benzene rings is 3. The number of carbonyl (C=O) groups excluding carboxylic acids is 1. The molecule has 1 aliphatic carbocycles. The molecular formula is C36H37Cl2NO8. The topological polar surface area (TPSA) is 135 Å². The summed E-state index contributed by atoms with van der Waals surface area (Å²) in [5, 5.41) is 24.2. The van der Waals surface area contributed by atoms with Crippen molar-refractivity contribution in [3.63, 3.8) is 0 Å². The summed E-state index contributed by atoms with van der Waals surface area (Å²) in [6.45, 7) is 3.87. The van der Waals surface area contributed by atoms with Crippen LogP contribution in [0.5, 0.6) is 0 Å². The molecule has 1 amide bonds. The van der Waals surface area contributed by atoms with Gasteiger partial charge in [-0.05, 0) is 73.0 Å². The molecule has 4 rings (SSSR count). The Bertz CT molecular complexity index is 1900. The van der Waals surface area contributed by atoms with Gasteiger partial charge in [0, 0.05) is 52.4 Å². The number of alkyl halides is 1. The van der Waals surface area contributed by atoms with Gasteiger partial charge in [-0.1, -0.05) is 36.6 Å². The van der Waals surface area contributed by atoms with Crippen LogP contribution in [0.15, 0.2) is 64.0 Å². The molecule has 0 saturated carbocycles. The van der Waals surface area contributed by atoms with Crippen molar-refractivity contribution < 1.29 is 33.7 Å². The molecule has 11 heteroatoms. The normalized spacial score (nSPS) is 12.5. The Balaban J connectivity index is 1.64. The molecule has 47 heavy (non-hydrogen) atoms. The monoisotopic (exact) mass is 681 g/mol. The number of hydrogen-bond donors (Lipinski definition) is 3. The van der Waals surface area contributed by atoms with E-state index in [9.17, 15) is 24.6 Å². The number of allylic oxidation sites excluding steroid dienone is 1. The number of unbranched alkanes of at least 4 members (excludes halogenated alkanes) is 3. The van der Waals surface area contributed by atoms with E-state index in [-0.39, 0.29) is 40.6 Å². The number of fused-ring (bicyclic) bond motifs is 2. The van der Waals surface area contributed by atoms with E-state index in [1.807, 2.05) is 19.1 Å². The Hall–Kier alpha value is -4.15. The van der Waals surface area contributed by atoms with Gasteiger partial charge >= 0.3 is 5.97 Å². The lowest BCUT2D eigenvalue weighted by Crippen LogP contribution is -2.28. The summed E-state index contributed by atoms with van der Waals surface area (Å²) in [7, 11) is 0. The highest BCUT2D eigenvalue weighted by Gasteiger charge is 2.24. The fraction of sp³-hybridized carbons (Fsp3) is 0.306. The van der Waals surface area contributed by atoms with Gasteiger partial charge in [0.2, 0.25) is 5.43 Å². The summed E-state index contributed by atoms with van der Waals surface area (Å²) in [6.07, 6.45) is 9.97. The van der Waals surface area contributed by atoms with Crippen LogP contribution < -0.4 is 21.2 Å². The lowest BCUT2D eigenvalue weighted by atomic mass is 9.89. The first-order valence-electron chi connectivity index (χ1n) is 15.3. The number of nitrogens with one attached hydrogen (secondary N) is 1. The number of rotatable bonds is 16. The van der Waals surface area contributed by atoms with Crippen LogP contribution in [0.4, 0.5) is 0 Å². The Labute approximate surface area is 282 Å². The van der Waals surface area contributed by atoms with Crippen molar-refractivity contribution in [2.75, 3.05) is 38.9 Å². The van der Waals surface area contributed by atoms with Gasteiger partial charge in [-0.15, -0.1) is 11.6 Å². The number of carboxylic acids is 1. The minimum absolute atomic E-state index is 0.0630. The molecule has 0 unspecified atom stereocenters. The molecule has 1 heterocycles. The number of aliphatic hydroxyl groups is 1. The van der Waals surface area contributed by atoms with Gasteiger partial charge in [-0.3, -0.25) is 9.59 Å². The molecule has 9 nitrogen and oxygen atoms in total. The van der Waals surface area contributed by atoms with Crippen molar-refractivity contribution in [1.82, 2.24) is 5.32 Å². The van der Waals surface area contributed by atoms with Crippen LogP contribution in [-0.2, 0) is 9.47 Å². The Morgan fingerprint density at radius 3 is 2.45 bits per heavy atom. The SMILES string of the molecule is C/C=c1/ccc2c(-c3cc(C(=O)NCCOCCOCCCCCCCl)ccc3C(=O)O)c3cc(Cl)c(=O)cc-3oc2c1=CC=CO. The highest BCUT2D eigenvalue weighted by molar-refractivity contribution is 6.31. The number of hydrogen-bond acceptors (Lipinski definition) is 7. The van der Waals surface area contributed by atoms with E-state index >= 15 is 0 Å². The van der Waals surface area contributed by atoms with Crippen LogP contribution >= 0.6 is 23.2 Å². The summed E-state index contributed by atoms with van der Waals surface area (Å²) in [6, 6.07) is 10.6. The van der Waals surface area contributed by atoms with Crippen molar-refractivity contribution in [3.05, 3.63) is 91.6 Å². The minimum Gasteiger partial charge on any atom is -0.516 e. The maximum Gasteiger partial charge on any atom is 0.336 e. The molecule has 0 bridgehead atoms. The summed E-state index contributed by atoms with van der Waals surface area (Å²) >= 11 is 11.9. The summed E-state index contributed by atoms with van der Waals surface area (Å²) in [5.41, 5.74) is 1.09. The number of carbonyl (C=O) groups is 2. The molecule has 0 aromatic heterocycles. The maximum absolute atomic E-state index is 13.2. The van der Waals surface area contributed by atoms with Crippen LogP contribution in [0, 0.1) is 0 Å². The molecule has 0 spiro atoms.